The molecule has 6 nitrogen and oxygen atoms in total. The van der Waals surface area contributed by atoms with E-state index in [1.807, 2.05) is 42.5 Å². The lowest BCUT2D eigenvalue weighted by Gasteiger charge is -2.15. The fourth-order valence-electron chi connectivity index (χ4n) is 4.02. The Morgan fingerprint density at radius 2 is 1.55 bits per heavy atom. The number of rotatable bonds is 9. The lowest BCUT2D eigenvalue weighted by molar-refractivity contribution is 0.300. The lowest BCUT2D eigenvalue weighted by Crippen LogP contribution is -2.07. The minimum atomic E-state index is 0.563. The van der Waals surface area contributed by atoms with E-state index >= 15 is 0 Å². The first-order chi connectivity index (χ1) is 16.1. The molecule has 4 aromatic rings. The monoisotopic (exact) mass is 446 g/mol. The van der Waals surface area contributed by atoms with Gasteiger partial charge in [0, 0.05) is 12.1 Å². The maximum Gasteiger partial charge on any atom is 0.203 e. The molecule has 0 bridgehead atoms. The molecule has 0 radical (unpaired) electrons. The smallest absolute Gasteiger partial charge is 0.203 e. The highest BCUT2D eigenvalue weighted by Gasteiger charge is 2.18. The summed E-state index contributed by atoms with van der Waals surface area (Å²) in [5.74, 6) is 3.55. The summed E-state index contributed by atoms with van der Waals surface area (Å²) in [6.07, 6.45) is 0.838. The number of aromatic nitrogens is 2. The summed E-state index contributed by atoms with van der Waals surface area (Å²) in [5, 5.41) is 0. The first kappa shape index (κ1) is 22.5. The first-order valence-electron chi connectivity index (χ1n) is 11.0. The molecule has 1 aromatic heterocycles. The average molecular weight is 447 g/mol. The number of benzene rings is 3. The molecule has 0 aliphatic heterocycles. The van der Waals surface area contributed by atoms with E-state index in [-0.39, 0.29) is 0 Å². The quantitative estimate of drug-likeness (QED) is 0.304. The predicted molar refractivity (Wildman–Crippen MR) is 131 cm³/mol. The largest absolute Gasteiger partial charge is 0.493 e. The van der Waals surface area contributed by atoms with Crippen LogP contribution in [-0.4, -0.2) is 37.5 Å². The number of nitrogens with zero attached hydrogens (tertiary/aromatic N) is 2. The Kier molecular flexibility index (Phi) is 6.73. The highest BCUT2D eigenvalue weighted by atomic mass is 16.5. The van der Waals surface area contributed by atoms with E-state index in [0.29, 0.717) is 23.9 Å². The average Bonchev–Trinajstić information content (AvgIpc) is 3.21. The molecular formula is C27H30N2O4. The first-order valence-corrected chi connectivity index (χ1v) is 11.0. The molecule has 0 aliphatic carbocycles. The summed E-state index contributed by atoms with van der Waals surface area (Å²) in [6.45, 7) is 5.57. The van der Waals surface area contributed by atoms with E-state index in [2.05, 4.69) is 30.5 Å². The molecule has 0 unspecified atom stereocenters. The van der Waals surface area contributed by atoms with E-state index in [9.17, 15) is 0 Å². The third-order valence-electron chi connectivity index (χ3n) is 5.92. The summed E-state index contributed by atoms with van der Waals surface area (Å²) < 4.78 is 24.9. The summed E-state index contributed by atoms with van der Waals surface area (Å²) in [5.41, 5.74) is 5.34. The van der Waals surface area contributed by atoms with Gasteiger partial charge in [-0.15, -0.1) is 0 Å². The van der Waals surface area contributed by atoms with Crippen molar-refractivity contribution in [1.82, 2.24) is 9.55 Å². The van der Waals surface area contributed by atoms with Crippen molar-refractivity contribution in [2.24, 2.45) is 0 Å². The van der Waals surface area contributed by atoms with Crippen LogP contribution >= 0.6 is 0 Å². The molecule has 0 atom stereocenters. The van der Waals surface area contributed by atoms with E-state index < -0.39 is 0 Å². The molecule has 4 rings (SSSR count). The van der Waals surface area contributed by atoms with Gasteiger partial charge in [0.25, 0.3) is 0 Å². The van der Waals surface area contributed by atoms with Crippen LogP contribution in [0.15, 0.2) is 54.6 Å². The molecule has 0 fully saturated rings. The molecule has 0 saturated heterocycles. The number of aryl methyl sites for hydroxylation is 2. The molecule has 0 aliphatic rings. The van der Waals surface area contributed by atoms with Gasteiger partial charge in [0.2, 0.25) is 5.75 Å². The number of methoxy groups -OCH3 is 3. The molecule has 0 amide bonds. The summed E-state index contributed by atoms with van der Waals surface area (Å²) >= 11 is 0. The maximum atomic E-state index is 6.09. The molecule has 3 aromatic carbocycles. The van der Waals surface area contributed by atoms with Gasteiger partial charge in [-0.25, -0.2) is 4.98 Å². The van der Waals surface area contributed by atoms with Crippen LogP contribution < -0.4 is 18.9 Å². The number of fused-ring (bicyclic) bond motifs is 1. The second kappa shape index (κ2) is 9.86. The molecule has 172 valence electrons. The third-order valence-corrected chi connectivity index (χ3v) is 5.92. The highest BCUT2D eigenvalue weighted by Crippen LogP contribution is 2.41. The number of ether oxygens (including phenoxy) is 4. The number of hydrogen-bond donors (Lipinski definition) is 0. The number of para-hydroxylation sites is 2. The standard InChI is InChI=1S/C27H30N2O4/c1-18-10-8-13-23(19(18)2)33-15-9-14-29-22-12-7-6-11-21(22)28-27(29)20-16-24(30-3)26(32-5)25(17-20)31-4/h6-8,10-13,16-17H,9,14-15H2,1-5H3. The van der Waals surface area contributed by atoms with Crippen LogP contribution in [0.25, 0.3) is 22.4 Å². The topological polar surface area (TPSA) is 54.7 Å². The summed E-state index contributed by atoms with van der Waals surface area (Å²) in [4.78, 5) is 4.92. The molecule has 6 heteroatoms. The lowest BCUT2D eigenvalue weighted by atomic mass is 10.1. The fraction of sp³-hybridized carbons (Fsp3) is 0.296. The predicted octanol–water partition coefficient (Wildman–Crippen LogP) is 5.82. The van der Waals surface area contributed by atoms with Gasteiger partial charge >= 0.3 is 0 Å². The van der Waals surface area contributed by atoms with Gasteiger partial charge in [-0.1, -0.05) is 24.3 Å². The van der Waals surface area contributed by atoms with E-state index in [1.165, 1.54) is 11.1 Å². The third kappa shape index (κ3) is 4.46. The van der Waals surface area contributed by atoms with Crippen molar-refractivity contribution >= 4 is 11.0 Å². The van der Waals surface area contributed by atoms with Crippen LogP contribution in [0, 0.1) is 13.8 Å². The van der Waals surface area contributed by atoms with Crippen molar-refractivity contribution < 1.29 is 18.9 Å². The second-order valence-electron chi connectivity index (χ2n) is 7.89. The minimum Gasteiger partial charge on any atom is -0.493 e. The zero-order chi connectivity index (χ0) is 23.4. The van der Waals surface area contributed by atoms with Gasteiger partial charge < -0.3 is 23.5 Å². The Morgan fingerprint density at radius 3 is 2.24 bits per heavy atom. The zero-order valence-corrected chi connectivity index (χ0v) is 19.8. The van der Waals surface area contributed by atoms with Crippen LogP contribution in [0.1, 0.15) is 17.5 Å². The molecule has 0 N–H and O–H groups in total. The van der Waals surface area contributed by atoms with E-state index in [1.54, 1.807) is 21.3 Å². The van der Waals surface area contributed by atoms with Crippen LogP contribution in [0.5, 0.6) is 23.0 Å². The maximum absolute atomic E-state index is 6.09. The van der Waals surface area contributed by atoms with Gasteiger partial charge in [-0.3, -0.25) is 0 Å². The highest BCUT2D eigenvalue weighted by molar-refractivity contribution is 5.81. The molecule has 0 spiro atoms. The SMILES string of the molecule is COc1cc(-c2nc3ccccc3n2CCCOc2cccc(C)c2C)cc(OC)c1OC. The minimum absolute atomic E-state index is 0.563. The Balaban J connectivity index is 1.65. The van der Waals surface area contributed by atoms with Crippen LogP contribution in [-0.2, 0) is 6.54 Å². The molecule has 0 saturated carbocycles. The Bertz CT molecular complexity index is 1240. The Labute approximate surface area is 194 Å². The second-order valence-corrected chi connectivity index (χ2v) is 7.89. The normalized spacial score (nSPS) is 10.9. The van der Waals surface area contributed by atoms with Crippen molar-refractivity contribution in [2.75, 3.05) is 27.9 Å². The Hall–Kier alpha value is -3.67. The molecule has 33 heavy (non-hydrogen) atoms. The van der Waals surface area contributed by atoms with Crippen molar-refractivity contribution in [3.05, 3.63) is 65.7 Å². The Morgan fingerprint density at radius 1 is 0.818 bits per heavy atom. The van der Waals surface area contributed by atoms with Crippen LogP contribution in [0.4, 0.5) is 0 Å². The van der Waals surface area contributed by atoms with Crippen LogP contribution in [0.3, 0.4) is 0 Å². The van der Waals surface area contributed by atoms with Gasteiger partial charge in [0.15, 0.2) is 11.5 Å². The number of imidazole rings is 1. The van der Waals surface area contributed by atoms with E-state index in [4.69, 9.17) is 23.9 Å². The van der Waals surface area contributed by atoms with Gasteiger partial charge in [0.1, 0.15) is 11.6 Å². The molecular weight excluding hydrogens is 416 g/mol. The van der Waals surface area contributed by atoms with Gasteiger partial charge in [-0.2, -0.15) is 0 Å². The van der Waals surface area contributed by atoms with Crippen molar-refractivity contribution in [3.8, 4) is 34.4 Å². The van der Waals surface area contributed by atoms with Crippen molar-refractivity contribution in [1.29, 1.82) is 0 Å². The number of hydrogen-bond acceptors (Lipinski definition) is 5. The van der Waals surface area contributed by atoms with Gasteiger partial charge in [0.05, 0.1) is 39.0 Å². The summed E-state index contributed by atoms with van der Waals surface area (Å²) in [6, 6.07) is 18.2. The van der Waals surface area contributed by atoms with E-state index in [0.717, 1.165) is 41.1 Å². The molecule has 1 heterocycles. The van der Waals surface area contributed by atoms with Gasteiger partial charge in [-0.05, 0) is 61.7 Å². The van der Waals surface area contributed by atoms with Crippen LogP contribution in [0.2, 0.25) is 0 Å². The fourth-order valence-corrected chi connectivity index (χ4v) is 4.02. The van der Waals surface area contributed by atoms with Crippen molar-refractivity contribution in [2.45, 2.75) is 26.8 Å². The van der Waals surface area contributed by atoms with Crippen molar-refractivity contribution in [3.63, 3.8) is 0 Å². The summed E-state index contributed by atoms with van der Waals surface area (Å²) in [7, 11) is 4.84. The zero-order valence-electron chi connectivity index (χ0n) is 19.8.